The van der Waals surface area contributed by atoms with Crippen molar-refractivity contribution in [1.29, 1.82) is 0 Å². The molecule has 2 aromatic carbocycles. The number of carbonyl (C=O) groups excluding carboxylic acids is 1. The third-order valence-corrected chi connectivity index (χ3v) is 5.37. The summed E-state index contributed by atoms with van der Waals surface area (Å²) in [5, 5.41) is 0. The maximum atomic E-state index is 14.7. The predicted molar refractivity (Wildman–Crippen MR) is 107 cm³/mol. The van der Waals surface area contributed by atoms with Crippen LogP contribution in [0.25, 0.3) is 0 Å². The molecule has 1 aliphatic rings. The van der Waals surface area contributed by atoms with E-state index in [9.17, 15) is 9.18 Å². The summed E-state index contributed by atoms with van der Waals surface area (Å²) in [5.41, 5.74) is 3.47. The highest BCUT2D eigenvalue weighted by Crippen LogP contribution is 2.43. The molecule has 4 nitrogen and oxygen atoms in total. The Hall–Kier alpha value is -2.69. The molecule has 2 aromatic rings. The number of esters is 1. The highest BCUT2D eigenvalue weighted by atomic mass is 19.1. The molecule has 1 unspecified atom stereocenters. The van der Waals surface area contributed by atoms with Crippen molar-refractivity contribution in [3.63, 3.8) is 0 Å². The van der Waals surface area contributed by atoms with Crippen molar-refractivity contribution >= 4 is 23.6 Å². The molecule has 27 heavy (non-hydrogen) atoms. The minimum atomic E-state index is -0.425. The third-order valence-electron chi connectivity index (χ3n) is 5.37. The van der Waals surface area contributed by atoms with Gasteiger partial charge in [0.25, 0.3) is 0 Å². The smallest absolute Gasteiger partial charge is 0.337 e. The van der Waals surface area contributed by atoms with E-state index in [2.05, 4.69) is 30.7 Å². The molecule has 0 radical (unpaired) electrons. The van der Waals surface area contributed by atoms with Gasteiger partial charge >= 0.3 is 5.97 Å². The van der Waals surface area contributed by atoms with E-state index >= 15 is 0 Å². The van der Waals surface area contributed by atoms with Crippen molar-refractivity contribution in [1.82, 2.24) is 0 Å². The molecule has 0 spiro atoms. The zero-order valence-electron chi connectivity index (χ0n) is 16.4. The van der Waals surface area contributed by atoms with Gasteiger partial charge < -0.3 is 9.64 Å². The van der Waals surface area contributed by atoms with Gasteiger partial charge in [-0.1, -0.05) is 13.0 Å². The first-order valence-electron chi connectivity index (χ1n) is 9.02. The summed E-state index contributed by atoms with van der Waals surface area (Å²) in [6.07, 6.45) is 2.51. The van der Waals surface area contributed by atoms with E-state index < -0.39 is 5.97 Å². The second-order valence-corrected chi connectivity index (χ2v) is 7.71. The fraction of sp³-hybridized carbons (Fsp3) is 0.364. The number of aliphatic imine (C=N–C) groups is 1. The number of hydrogen-bond acceptors (Lipinski definition) is 4. The van der Waals surface area contributed by atoms with Crippen LogP contribution in [-0.2, 0) is 4.74 Å². The van der Waals surface area contributed by atoms with Gasteiger partial charge in [-0.25, -0.2) is 9.18 Å². The van der Waals surface area contributed by atoms with E-state index in [0.29, 0.717) is 22.7 Å². The summed E-state index contributed by atoms with van der Waals surface area (Å²) in [6.45, 7) is 6.52. The SMILES string of the molecule is COC(=O)c1cccc(N=Cc2cc3c(cc2F)N(C)C(C)(C)CC3C)c1. The maximum absolute atomic E-state index is 14.7. The molecule has 1 heterocycles. The molecule has 0 saturated carbocycles. The molecule has 0 saturated heterocycles. The largest absolute Gasteiger partial charge is 0.465 e. The second-order valence-electron chi connectivity index (χ2n) is 7.71. The molecule has 3 rings (SSSR count). The first-order chi connectivity index (χ1) is 12.7. The van der Waals surface area contributed by atoms with Crippen LogP contribution in [0.3, 0.4) is 0 Å². The van der Waals surface area contributed by atoms with Gasteiger partial charge in [-0.05, 0) is 62.1 Å². The first-order valence-corrected chi connectivity index (χ1v) is 9.02. The average Bonchev–Trinajstić information content (AvgIpc) is 2.64. The van der Waals surface area contributed by atoms with Crippen LogP contribution in [0.15, 0.2) is 41.4 Å². The van der Waals surface area contributed by atoms with Gasteiger partial charge in [0.15, 0.2) is 0 Å². The van der Waals surface area contributed by atoms with Gasteiger partial charge in [0.1, 0.15) is 5.82 Å². The van der Waals surface area contributed by atoms with Crippen LogP contribution in [0, 0.1) is 5.82 Å². The van der Waals surface area contributed by atoms with Crippen LogP contribution < -0.4 is 4.90 Å². The van der Waals surface area contributed by atoms with Crippen LogP contribution in [-0.4, -0.2) is 31.9 Å². The van der Waals surface area contributed by atoms with Gasteiger partial charge in [0.05, 0.1) is 18.4 Å². The van der Waals surface area contributed by atoms with E-state index in [0.717, 1.165) is 17.7 Å². The van der Waals surface area contributed by atoms with Gasteiger partial charge in [-0.3, -0.25) is 4.99 Å². The van der Waals surface area contributed by atoms with Gasteiger partial charge in [0.2, 0.25) is 0 Å². The monoisotopic (exact) mass is 368 g/mol. The highest BCUT2D eigenvalue weighted by molar-refractivity contribution is 5.91. The van der Waals surface area contributed by atoms with Crippen LogP contribution in [0.5, 0.6) is 0 Å². The van der Waals surface area contributed by atoms with Crippen molar-refractivity contribution in [3.05, 3.63) is 58.9 Å². The minimum absolute atomic E-state index is 0.0111. The molecule has 142 valence electrons. The lowest BCUT2D eigenvalue weighted by Crippen LogP contribution is -2.45. The molecule has 5 heteroatoms. The minimum Gasteiger partial charge on any atom is -0.465 e. The number of nitrogens with zero attached hydrogens (tertiary/aromatic N) is 2. The van der Waals surface area contributed by atoms with E-state index in [1.54, 1.807) is 30.3 Å². The Morgan fingerprint density at radius 1 is 1.33 bits per heavy atom. The Kier molecular flexibility index (Phi) is 5.05. The number of halogens is 1. The summed E-state index contributed by atoms with van der Waals surface area (Å²) in [6, 6.07) is 10.2. The Morgan fingerprint density at radius 3 is 2.78 bits per heavy atom. The molecule has 1 aliphatic heterocycles. The van der Waals surface area contributed by atoms with E-state index in [4.69, 9.17) is 4.74 Å². The number of benzene rings is 2. The van der Waals surface area contributed by atoms with Gasteiger partial charge in [-0.2, -0.15) is 0 Å². The topological polar surface area (TPSA) is 41.9 Å². The summed E-state index contributed by atoms with van der Waals surface area (Å²) in [5.74, 6) is -0.397. The first kappa shape index (κ1) is 19.1. The quantitative estimate of drug-likeness (QED) is 0.560. The fourth-order valence-electron chi connectivity index (χ4n) is 3.68. The lowest BCUT2D eigenvalue weighted by atomic mass is 9.80. The summed E-state index contributed by atoms with van der Waals surface area (Å²) in [4.78, 5) is 18.1. The number of anilines is 1. The number of hydrogen-bond donors (Lipinski definition) is 0. The molecular formula is C22H25FN2O2. The van der Waals surface area contributed by atoms with Crippen LogP contribution >= 0.6 is 0 Å². The molecule has 0 amide bonds. The molecule has 1 atom stereocenters. The Labute approximate surface area is 159 Å². The van der Waals surface area contributed by atoms with Crippen molar-refractivity contribution < 1.29 is 13.9 Å². The number of rotatable bonds is 3. The molecule has 0 aliphatic carbocycles. The number of ether oxygens (including phenoxy) is 1. The van der Waals surface area contributed by atoms with E-state index in [1.807, 2.05) is 13.1 Å². The lowest BCUT2D eigenvalue weighted by Gasteiger charge is -2.45. The summed E-state index contributed by atoms with van der Waals surface area (Å²) < 4.78 is 19.4. The molecule has 0 N–H and O–H groups in total. The predicted octanol–water partition coefficient (Wildman–Crippen LogP) is 5.08. The Balaban J connectivity index is 1.94. The van der Waals surface area contributed by atoms with E-state index in [1.165, 1.54) is 13.3 Å². The van der Waals surface area contributed by atoms with Crippen molar-refractivity contribution in [2.45, 2.75) is 38.6 Å². The second kappa shape index (κ2) is 7.14. The number of fused-ring (bicyclic) bond motifs is 1. The molecular weight excluding hydrogens is 343 g/mol. The molecule has 0 aromatic heterocycles. The Bertz CT molecular complexity index is 905. The van der Waals surface area contributed by atoms with Gasteiger partial charge in [-0.15, -0.1) is 0 Å². The van der Waals surface area contributed by atoms with Crippen LogP contribution in [0.2, 0.25) is 0 Å². The standard InChI is InChI=1S/C22H25FN2O2/c1-14-12-22(2,3)25(4)20-11-19(23)16(10-18(14)20)13-24-17-8-6-7-15(9-17)21(26)27-5/h6-11,13-14H,12H2,1-5H3. The van der Waals surface area contributed by atoms with Gasteiger partial charge in [0, 0.05) is 30.1 Å². The summed E-state index contributed by atoms with van der Waals surface area (Å²) >= 11 is 0. The zero-order chi connectivity index (χ0) is 19.8. The number of carbonyl (C=O) groups is 1. The Morgan fingerprint density at radius 2 is 2.07 bits per heavy atom. The van der Waals surface area contributed by atoms with Crippen molar-refractivity contribution in [2.24, 2.45) is 4.99 Å². The maximum Gasteiger partial charge on any atom is 0.337 e. The van der Waals surface area contributed by atoms with Crippen LogP contribution in [0.4, 0.5) is 15.8 Å². The zero-order valence-corrected chi connectivity index (χ0v) is 16.4. The van der Waals surface area contributed by atoms with E-state index in [-0.39, 0.29) is 11.4 Å². The fourth-order valence-corrected chi connectivity index (χ4v) is 3.68. The van der Waals surface area contributed by atoms with Crippen molar-refractivity contribution in [2.75, 3.05) is 19.1 Å². The van der Waals surface area contributed by atoms with Crippen molar-refractivity contribution in [3.8, 4) is 0 Å². The lowest BCUT2D eigenvalue weighted by molar-refractivity contribution is 0.0601. The third kappa shape index (κ3) is 3.72. The number of methoxy groups -OCH3 is 1. The highest BCUT2D eigenvalue weighted by Gasteiger charge is 2.34. The summed E-state index contributed by atoms with van der Waals surface area (Å²) in [7, 11) is 3.34. The normalized spacial score (nSPS) is 18.4. The molecule has 0 bridgehead atoms. The van der Waals surface area contributed by atoms with Crippen LogP contribution in [0.1, 0.15) is 54.6 Å². The molecule has 0 fully saturated rings. The average molecular weight is 368 g/mol.